The molecule has 3 nitrogen and oxygen atoms in total. The van der Waals surface area contributed by atoms with Crippen molar-refractivity contribution in [2.45, 2.75) is 5.75 Å². The van der Waals surface area contributed by atoms with Gasteiger partial charge in [-0.3, -0.25) is 0 Å². The van der Waals surface area contributed by atoms with Crippen LogP contribution in [0.25, 0.3) is 0 Å². The molecule has 64 valence electrons. The molecule has 0 atom stereocenters. The topological polar surface area (TPSA) is 47.0 Å². The van der Waals surface area contributed by atoms with Gasteiger partial charge < -0.3 is 0 Å². The Morgan fingerprint density at radius 1 is 1.64 bits per heavy atom. The fraction of sp³-hybridized carbons (Fsp3) is 0.250. The zero-order valence-electron chi connectivity index (χ0n) is 5.23. The van der Waals surface area contributed by atoms with Crippen LogP contribution in [0.2, 0.25) is 0 Å². The van der Waals surface area contributed by atoms with E-state index in [0.717, 1.165) is 0 Å². The first kappa shape index (κ1) is 11.2. The minimum absolute atomic E-state index is 0. The first-order valence-corrected chi connectivity index (χ1v) is 5.79. The molecule has 11 heavy (non-hydrogen) atoms. The van der Waals surface area contributed by atoms with E-state index in [1.807, 2.05) is 0 Å². The second-order valence-electron chi connectivity index (χ2n) is 1.66. The van der Waals surface area contributed by atoms with Crippen molar-refractivity contribution in [3.8, 4) is 0 Å². The summed E-state index contributed by atoms with van der Waals surface area (Å²) < 4.78 is 20.9. The maximum Gasteiger partial charge on any atom is 0.238 e. The van der Waals surface area contributed by atoms with E-state index in [2.05, 4.69) is 4.98 Å². The number of aromatic nitrogens is 1. The standard InChI is InChI=1S/C4H4ClNO2S2.ClH/c5-10(7,8)2-4-1-9-3-6-4;/h1,3H,2H2;1H. The van der Waals surface area contributed by atoms with E-state index in [0.29, 0.717) is 5.69 Å². The zero-order chi connectivity index (χ0) is 7.61. The van der Waals surface area contributed by atoms with E-state index < -0.39 is 9.05 Å². The monoisotopic (exact) mass is 233 g/mol. The summed E-state index contributed by atoms with van der Waals surface area (Å²) in [5.41, 5.74) is 2.07. The molecule has 0 aliphatic heterocycles. The van der Waals surface area contributed by atoms with Gasteiger partial charge >= 0.3 is 0 Å². The highest BCUT2D eigenvalue weighted by atomic mass is 35.7. The highest BCUT2D eigenvalue weighted by molar-refractivity contribution is 8.13. The Kier molecular flexibility index (Phi) is 4.31. The number of rotatable bonds is 2. The number of hydrogen-bond donors (Lipinski definition) is 0. The normalized spacial score (nSPS) is 10.6. The minimum Gasteiger partial charge on any atom is -0.249 e. The van der Waals surface area contributed by atoms with E-state index in [1.165, 1.54) is 11.3 Å². The zero-order valence-corrected chi connectivity index (χ0v) is 8.43. The Labute approximate surface area is 79.2 Å². The first-order chi connectivity index (χ1) is 4.58. The molecule has 0 unspecified atom stereocenters. The highest BCUT2D eigenvalue weighted by Crippen LogP contribution is 2.08. The fourth-order valence-corrected chi connectivity index (χ4v) is 2.00. The molecule has 1 aromatic rings. The second-order valence-corrected chi connectivity index (χ2v) is 5.16. The molecule has 0 spiro atoms. The molecule has 0 saturated heterocycles. The maximum absolute atomic E-state index is 10.4. The molecule has 1 heterocycles. The molecule has 0 bridgehead atoms. The summed E-state index contributed by atoms with van der Waals surface area (Å²) in [6.07, 6.45) is 0. The summed E-state index contributed by atoms with van der Waals surface area (Å²) >= 11 is 1.35. The van der Waals surface area contributed by atoms with E-state index in [-0.39, 0.29) is 18.2 Å². The Hall–Kier alpha value is 0.160. The van der Waals surface area contributed by atoms with Gasteiger partial charge in [-0.15, -0.1) is 23.7 Å². The van der Waals surface area contributed by atoms with Gasteiger partial charge in [0, 0.05) is 16.1 Å². The van der Waals surface area contributed by atoms with Crippen molar-refractivity contribution >= 4 is 43.5 Å². The van der Waals surface area contributed by atoms with Gasteiger partial charge in [-0.25, -0.2) is 13.4 Å². The third-order valence-corrected chi connectivity index (χ3v) is 2.41. The lowest BCUT2D eigenvalue weighted by Crippen LogP contribution is -1.94. The van der Waals surface area contributed by atoms with Gasteiger partial charge in [0.2, 0.25) is 9.05 Å². The van der Waals surface area contributed by atoms with Crippen LogP contribution in [-0.2, 0) is 14.8 Å². The summed E-state index contributed by atoms with van der Waals surface area (Å²) in [7, 11) is 1.53. The average molecular weight is 234 g/mol. The van der Waals surface area contributed by atoms with Crippen molar-refractivity contribution in [3.63, 3.8) is 0 Å². The van der Waals surface area contributed by atoms with Gasteiger partial charge in [-0.1, -0.05) is 0 Å². The Bertz CT molecular complexity index is 294. The highest BCUT2D eigenvalue weighted by Gasteiger charge is 2.07. The number of hydrogen-bond acceptors (Lipinski definition) is 4. The molecule has 0 radical (unpaired) electrons. The number of thiazole rings is 1. The second kappa shape index (κ2) is 4.25. The van der Waals surface area contributed by atoms with E-state index in [4.69, 9.17) is 10.7 Å². The van der Waals surface area contributed by atoms with E-state index >= 15 is 0 Å². The molecule has 0 saturated carbocycles. The Morgan fingerprint density at radius 3 is 2.64 bits per heavy atom. The van der Waals surface area contributed by atoms with Gasteiger partial charge in [-0.05, 0) is 0 Å². The number of nitrogens with zero attached hydrogens (tertiary/aromatic N) is 1. The maximum atomic E-state index is 10.4. The lowest BCUT2D eigenvalue weighted by atomic mass is 10.6. The summed E-state index contributed by atoms with van der Waals surface area (Å²) in [6.45, 7) is 0. The molecule has 0 aromatic carbocycles. The SMILES string of the molecule is Cl.O=S(=O)(Cl)Cc1cscn1. The third kappa shape index (κ3) is 4.58. The van der Waals surface area contributed by atoms with Crippen LogP contribution in [0.5, 0.6) is 0 Å². The smallest absolute Gasteiger partial charge is 0.238 e. The predicted octanol–water partition coefficient (Wildman–Crippen LogP) is 1.63. The van der Waals surface area contributed by atoms with Gasteiger partial charge in [0.05, 0.1) is 11.2 Å². The number of halogens is 2. The Balaban J connectivity index is 0.000001000. The third-order valence-electron chi connectivity index (χ3n) is 0.804. The molecule has 0 amide bonds. The molecular weight excluding hydrogens is 229 g/mol. The Morgan fingerprint density at radius 2 is 2.27 bits per heavy atom. The van der Waals surface area contributed by atoms with Crippen LogP contribution in [0.15, 0.2) is 10.9 Å². The molecule has 0 fully saturated rings. The van der Waals surface area contributed by atoms with Crippen LogP contribution >= 0.6 is 34.4 Å². The van der Waals surface area contributed by atoms with Crippen LogP contribution in [0.1, 0.15) is 5.69 Å². The van der Waals surface area contributed by atoms with Crippen molar-refractivity contribution in [1.29, 1.82) is 0 Å². The van der Waals surface area contributed by atoms with Crippen LogP contribution in [0, 0.1) is 0 Å². The van der Waals surface area contributed by atoms with Gasteiger partial charge in [0.15, 0.2) is 0 Å². The fourth-order valence-electron chi connectivity index (χ4n) is 0.485. The summed E-state index contributed by atoms with van der Waals surface area (Å²) in [6, 6.07) is 0. The molecule has 0 aliphatic rings. The van der Waals surface area contributed by atoms with Crippen molar-refractivity contribution in [3.05, 3.63) is 16.6 Å². The van der Waals surface area contributed by atoms with Crippen molar-refractivity contribution in [1.82, 2.24) is 4.98 Å². The van der Waals surface area contributed by atoms with E-state index in [1.54, 1.807) is 10.9 Å². The molecular formula is C4H5Cl2NO2S2. The summed E-state index contributed by atoms with van der Waals surface area (Å²) in [5.74, 6) is -0.182. The van der Waals surface area contributed by atoms with Crippen LogP contribution in [-0.4, -0.2) is 13.4 Å². The molecule has 1 rings (SSSR count). The molecule has 0 N–H and O–H groups in total. The van der Waals surface area contributed by atoms with Crippen molar-refractivity contribution in [2.24, 2.45) is 0 Å². The summed E-state index contributed by atoms with van der Waals surface area (Å²) in [5, 5.41) is 1.65. The van der Waals surface area contributed by atoms with Crippen LogP contribution in [0.4, 0.5) is 0 Å². The van der Waals surface area contributed by atoms with E-state index in [9.17, 15) is 8.42 Å². The minimum atomic E-state index is -3.43. The average Bonchev–Trinajstić information content (AvgIpc) is 2.12. The lowest BCUT2D eigenvalue weighted by Gasteiger charge is -1.87. The van der Waals surface area contributed by atoms with Gasteiger partial charge in [-0.2, -0.15) is 0 Å². The summed E-state index contributed by atoms with van der Waals surface area (Å²) in [4.78, 5) is 3.76. The first-order valence-electron chi connectivity index (χ1n) is 2.37. The largest absolute Gasteiger partial charge is 0.249 e. The van der Waals surface area contributed by atoms with Crippen molar-refractivity contribution < 1.29 is 8.42 Å². The molecule has 0 aliphatic carbocycles. The van der Waals surface area contributed by atoms with Crippen molar-refractivity contribution in [2.75, 3.05) is 0 Å². The quantitative estimate of drug-likeness (QED) is 0.730. The predicted molar refractivity (Wildman–Crippen MR) is 47.8 cm³/mol. The van der Waals surface area contributed by atoms with Gasteiger partial charge in [0.25, 0.3) is 0 Å². The van der Waals surface area contributed by atoms with Gasteiger partial charge in [0.1, 0.15) is 5.75 Å². The molecule has 7 heteroatoms. The lowest BCUT2D eigenvalue weighted by molar-refractivity contribution is 0.608. The molecule has 1 aromatic heterocycles. The van der Waals surface area contributed by atoms with Crippen LogP contribution < -0.4 is 0 Å². The van der Waals surface area contributed by atoms with Crippen LogP contribution in [0.3, 0.4) is 0 Å².